The fourth-order valence-corrected chi connectivity index (χ4v) is 4.73. The van der Waals surface area contributed by atoms with Crippen molar-refractivity contribution in [2.75, 3.05) is 31.1 Å². The van der Waals surface area contributed by atoms with E-state index in [2.05, 4.69) is 9.88 Å². The summed E-state index contributed by atoms with van der Waals surface area (Å²) in [7, 11) is 0. The molecule has 1 fully saturated rings. The van der Waals surface area contributed by atoms with Gasteiger partial charge in [-0.05, 0) is 60.4 Å². The number of ether oxygens (including phenoxy) is 1. The van der Waals surface area contributed by atoms with Crippen LogP contribution in [0.25, 0.3) is 10.8 Å². The first-order valence-electron chi connectivity index (χ1n) is 12.3. The van der Waals surface area contributed by atoms with Crippen molar-refractivity contribution >= 4 is 28.5 Å². The van der Waals surface area contributed by atoms with Crippen LogP contribution >= 0.6 is 0 Å². The lowest BCUT2D eigenvalue weighted by molar-refractivity contribution is 0.0448. The Labute approximate surface area is 210 Å². The van der Waals surface area contributed by atoms with Gasteiger partial charge in [0.2, 0.25) is 0 Å². The first kappa shape index (κ1) is 23.8. The van der Waals surface area contributed by atoms with Gasteiger partial charge in [-0.15, -0.1) is 0 Å². The Hall–Kier alpha value is -3.97. The summed E-state index contributed by atoms with van der Waals surface area (Å²) in [6.45, 7) is 4.54. The predicted molar refractivity (Wildman–Crippen MR) is 138 cm³/mol. The number of piperidine rings is 1. The molecule has 184 valence electrons. The zero-order valence-corrected chi connectivity index (χ0v) is 20.3. The molecule has 1 amide bonds. The van der Waals surface area contributed by atoms with E-state index in [4.69, 9.17) is 9.15 Å². The lowest BCUT2D eigenvalue weighted by atomic mass is 10.0. The lowest BCUT2D eigenvalue weighted by Gasteiger charge is -2.37. The van der Waals surface area contributed by atoms with Crippen LogP contribution in [0.5, 0.6) is 0 Å². The lowest BCUT2D eigenvalue weighted by Crippen LogP contribution is -2.48. The van der Waals surface area contributed by atoms with E-state index in [-0.39, 0.29) is 17.9 Å². The number of nitrogens with zero attached hydrogens (tertiary/aromatic N) is 3. The Balaban J connectivity index is 1.18. The number of amides is 1. The second-order valence-electron chi connectivity index (χ2n) is 9.08. The number of furan rings is 1. The summed E-state index contributed by atoms with van der Waals surface area (Å²) in [5, 5.41) is 1.92. The summed E-state index contributed by atoms with van der Waals surface area (Å²) in [5.41, 5.74) is 1.63. The number of carbonyl (C=O) groups excluding carboxylic acids is 2. The molecule has 36 heavy (non-hydrogen) atoms. The van der Waals surface area contributed by atoms with E-state index in [9.17, 15) is 9.59 Å². The number of carbonyl (C=O) groups is 2. The molecule has 1 aliphatic heterocycles. The van der Waals surface area contributed by atoms with Crippen molar-refractivity contribution in [3.63, 3.8) is 0 Å². The van der Waals surface area contributed by atoms with Crippen LogP contribution in [0.4, 0.5) is 5.82 Å². The molecule has 1 saturated heterocycles. The van der Waals surface area contributed by atoms with Crippen LogP contribution in [0.2, 0.25) is 0 Å². The number of hydrogen-bond acceptors (Lipinski definition) is 6. The second kappa shape index (κ2) is 10.7. The van der Waals surface area contributed by atoms with E-state index in [1.807, 2.05) is 55.5 Å². The summed E-state index contributed by atoms with van der Waals surface area (Å²) in [4.78, 5) is 34.5. The van der Waals surface area contributed by atoms with Gasteiger partial charge in [0.15, 0.2) is 5.76 Å². The highest BCUT2D eigenvalue weighted by Crippen LogP contribution is 2.25. The van der Waals surface area contributed by atoms with E-state index < -0.39 is 0 Å². The number of hydrogen-bond donors (Lipinski definition) is 0. The summed E-state index contributed by atoms with van der Waals surface area (Å²) in [6.07, 6.45) is 4.87. The Morgan fingerprint density at radius 3 is 2.58 bits per heavy atom. The van der Waals surface area contributed by atoms with Gasteiger partial charge in [0.25, 0.3) is 5.91 Å². The number of fused-ring (bicyclic) bond motifs is 1. The van der Waals surface area contributed by atoms with Gasteiger partial charge in [-0.3, -0.25) is 14.6 Å². The largest absolute Gasteiger partial charge is 0.461 e. The van der Waals surface area contributed by atoms with Gasteiger partial charge in [0, 0.05) is 31.9 Å². The van der Waals surface area contributed by atoms with E-state index >= 15 is 0 Å². The normalized spacial score (nSPS) is 14.6. The van der Waals surface area contributed by atoms with Crippen molar-refractivity contribution in [3.8, 4) is 0 Å². The molecule has 0 bridgehead atoms. The summed E-state index contributed by atoms with van der Waals surface area (Å²) >= 11 is 0. The van der Waals surface area contributed by atoms with E-state index in [0.717, 1.165) is 42.3 Å². The maximum atomic E-state index is 13.3. The molecule has 2 aromatic heterocycles. The van der Waals surface area contributed by atoms with Crippen molar-refractivity contribution in [1.82, 2.24) is 9.88 Å². The Kier molecular flexibility index (Phi) is 7.09. The molecule has 0 unspecified atom stereocenters. The minimum absolute atomic E-state index is 0.00675. The van der Waals surface area contributed by atoms with Gasteiger partial charge in [-0.1, -0.05) is 42.5 Å². The van der Waals surface area contributed by atoms with Crippen LogP contribution in [-0.2, 0) is 4.74 Å². The quantitative estimate of drug-likeness (QED) is 0.340. The third-order valence-electron chi connectivity index (χ3n) is 6.67. The monoisotopic (exact) mass is 483 g/mol. The number of aryl methyl sites for hydroxylation is 1. The SMILES string of the molecule is Cc1ccc(N(C(=O)c2ccco2)C2CCN(CCOC(=O)c3cccc4ccccc34)CC2)nc1. The standard InChI is InChI=1S/C29H29N3O4/c1-21-11-12-27(30-20-21)32(28(33)26-10-5-18-35-26)23-13-15-31(16-14-23)17-19-36-29(34)25-9-4-7-22-6-2-3-8-24(22)25/h2-12,18,20,23H,13-17,19H2,1H3. The fourth-order valence-electron chi connectivity index (χ4n) is 4.73. The van der Waals surface area contributed by atoms with Crippen LogP contribution in [0.3, 0.4) is 0 Å². The zero-order chi connectivity index (χ0) is 24.9. The van der Waals surface area contributed by atoms with Crippen molar-refractivity contribution in [2.24, 2.45) is 0 Å². The summed E-state index contributed by atoms with van der Waals surface area (Å²) in [5.74, 6) is 0.450. The average Bonchev–Trinajstić information content (AvgIpc) is 3.46. The van der Waals surface area contributed by atoms with Crippen molar-refractivity contribution in [1.29, 1.82) is 0 Å². The Morgan fingerprint density at radius 2 is 1.83 bits per heavy atom. The third kappa shape index (κ3) is 5.16. The Morgan fingerprint density at radius 1 is 1.03 bits per heavy atom. The molecule has 0 aliphatic carbocycles. The van der Waals surface area contributed by atoms with E-state index in [0.29, 0.717) is 30.3 Å². The number of likely N-dealkylation sites (tertiary alicyclic amines) is 1. The van der Waals surface area contributed by atoms with Gasteiger partial charge in [0.1, 0.15) is 12.4 Å². The molecule has 4 aromatic rings. The summed E-state index contributed by atoms with van der Waals surface area (Å²) < 4.78 is 11.0. The van der Waals surface area contributed by atoms with Crippen LogP contribution in [0.15, 0.2) is 83.6 Å². The van der Waals surface area contributed by atoms with Crippen molar-refractivity contribution in [2.45, 2.75) is 25.8 Å². The van der Waals surface area contributed by atoms with Gasteiger partial charge in [-0.25, -0.2) is 9.78 Å². The van der Waals surface area contributed by atoms with E-state index in [1.54, 1.807) is 29.3 Å². The van der Waals surface area contributed by atoms with Gasteiger partial charge in [-0.2, -0.15) is 0 Å². The maximum absolute atomic E-state index is 13.3. The number of benzene rings is 2. The molecule has 5 rings (SSSR count). The highest BCUT2D eigenvalue weighted by molar-refractivity contribution is 6.05. The second-order valence-corrected chi connectivity index (χ2v) is 9.08. The molecule has 1 aliphatic rings. The topological polar surface area (TPSA) is 75.9 Å². The van der Waals surface area contributed by atoms with Crippen LogP contribution in [-0.4, -0.2) is 54.0 Å². The average molecular weight is 484 g/mol. The molecule has 0 radical (unpaired) electrons. The Bertz CT molecular complexity index is 1320. The number of aromatic nitrogens is 1. The first-order valence-corrected chi connectivity index (χ1v) is 12.3. The highest BCUT2D eigenvalue weighted by Gasteiger charge is 2.31. The molecule has 0 saturated carbocycles. The minimum atomic E-state index is -0.303. The first-order chi connectivity index (χ1) is 17.6. The smallest absolute Gasteiger partial charge is 0.338 e. The molecule has 2 aromatic carbocycles. The fraction of sp³-hybridized carbons (Fsp3) is 0.276. The number of pyridine rings is 1. The molecule has 7 heteroatoms. The molecule has 0 spiro atoms. The number of esters is 1. The van der Waals surface area contributed by atoms with Crippen LogP contribution in [0.1, 0.15) is 39.3 Å². The minimum Gasteiger partial charge on any atom is -0.461 e. The number of rotatable bonds is 7. The molecule has 7 nitrogen and oxygen atoms in total. The summed E-state index contributed by atoms with van der Waals surface area (Å²) in [6, 6.07) is 20.7. The van der Waals surface area contributed by atoms with Crippen molar-refractivity contribution in [3.05, 3.63) is 96.1 Å². The van der Waals surface area contributed by atoms with Gasteiger partial charge < -0.3 is 9.15 Å². The third-order valence-corrected chi connectivity index (χ3v) is 6.67. The predicted octanol–water partition coefficient (Wildman–Crippen LogP) is 5.10. The highest BCUT2D eigenvalue weighted by atomic mass is 16.5. The maximum Gasteiger partial charge on any atom is 0.338 e. The van der Waals surface area contributed by atoms with Crippen molar-refractivity contribution < 1.29 is 18.7 Å². The molecular formula is C29H29N3O4. The molecule has 3 heterocycles. The molecule has 0 atom stereocenters. The van der Waals surface area contributed by atoms with Crippen LogP contribution < -0.4 is 4.90 Å². The van der Waals surface area contributed by atoms with Crippen LogP contribution in [0, 0.1) is 6.92 Å². The molecular weight excluding hydrogens is 454 g/mol. The van der Waals surface area contributed by atoms with Gasteiger partial charge in [0.05, 0.1) is 11.8 Å². The van der Waals surface area contributed by atoms with Gasteiger partial charge >= 0.3 is 5.97 Å². The molecule has 0 N–H and O–H groups in total. The zero-order valence-electron chi connectivity index (χ0n) is 20.3. The number of anilines is 1. The van der Waals surface area contributed by atoms with E-state index in [1.165, 1.54) is 6.26 Å².